The van der Waals surface area contributed by atoms with Crippen LogP contribution in [0, 0.1) is 0 Å². The molecule has 0 rings (SSSR count). The van der Waals surface area contributed by atoms with Crippen LogP contribution in [0.25, 0.3) is 0 Å². The molecule has 0 saturated heterocycles. The predicted octanol–water partition coefficient (Wildman–Crippen LogP) is 0.943. The molecule has 0 aromatic rings. The minimum Gasteiger partial charge on any atom is -0.369 e. The Bertz CT molecular complexity index is 205. The summed E-state index contributed by atoms with van der Waals surface area (Å²) in [5, 5.41) is 0. The molecule has 15 heavy (non-hydrogen) atoms. The van der Waals surface area contributed by atoms with E-state index in [9.17, 15) is 9.59 Å². The summed E-state index contributed by atoms with van der Waals surface area (Å²) in [7, 11) is 0. The van der Waals surface area contributed by atoms with E-state index in [-0.39, 0.29) is 11.7 Å². The van der Waals surface area contributed by atoms with Gasteiger partial charge in [-0.05, 0) is 32.9 Å². The number of carbonyl (C=O) groups excluding carboxylic acids is 2. The third-order valence-electron chi connectivity index (χ3n) is 2.21. The van der Waals surface area contributed by atoms with E-state index < -0.39 is 0 Å². The lowest BCUT2D eigenvalue weighted by Crippen LogP contribution is -2.35. The topological polar surface area (TPSA) is 63.4 Å². The number of hydrogen-bond donors (Lipinski definition) is 1. The van der Waals surface area contributed by atoms with Crippen LogP contribution in [0.3, 0.4) is 0 Å². The molecule has 0 fully saturated rings. The largest absolute Gasteiger partial charge is 0.369 e. The maximum absolute atomic E-state index is 10.8. The van der Waals surface area contributed by atoms with Crippen molar-refractivity contribution in [3.8, 4) is 0 Å². The fraction of sp³-hybridized carbons (Fsp3) is 0.818. The molecule has 0 bridgehead atoms. The summed E-state index contributed by atoms with van der Waals surface area (Å²) in [4.78, 5) is 23.6. The van der Waals surface area contributed by atoms with Crippen LogP contribution < -0.4 is 5.73 Å². The zero-order valence-corrected chi connectivity index (χ0v) is 9.79. The van der Waals surface area contributed by atoms with Crippen molar-refractivity contribution in [3.05, 3.63) is 0 Å². The van der Waals surface area contributed by atoms with Gasteiger partial charge in [-0.1, -0.05) is 13.3 Å². The molecule has 0 spiro atoms. The fourth-order valence-corrected chi connectivity index (χ4v) is 1.42. The van der Waals surface area contributed by atoms with Crippen molar-refractivity contribution in [1.29, 1.82) is 0 Å². The molecule has 0 radical (unpaired) electrons. The lowest BCUT2D eigenvalue weighted by Gasteiger charge is -2.19. The third kappa shape index (κ3) is 9.41. The van der Waals surface area contributed by atoms with Gasteiger partial charge in [0.1, 0.15) is 5.78 Å². The van der Waals surface area contributed by atoms with Crippen LogP contribution >= 0.6 is 0 Å². The molecule has 4 heteroatoms. The van der Waals surface area contributed by atoms with Gasteiger partial charge >= 0.3 is 0 Å². The molecular weight excluding hydrogens is 192 g/mol. The van der Waals surface area contributed by atoms with Crippen LogP contribution in [-0.4, -0.2) is 36.2 Å². The lowest BCUT2D eigenvalue weighted by atomic mass is 10.2. The zero-order chi connectivity index (χ0) is 11.7. The van der Waals surface area contributed by atoms with Gasteiger partial charge in [0.2, 0.25) is 5.91 Å². The Morgan fingerprint density at radius 1 is 1.20 bits per heavy atom. The van der Waals surface area contributed by atoms with Crippen LogP contribution in [-0.2, 0) is 9.59 Å². The highest BCUT2D eigenvalue weighted by Crippen LogP contribution is 1.99. The molecule has 0 aromatic carbocycles. The van der Waals surface area contributed by atoms with Crippen LogP contribution in [0.15, 0.2) is 0 Å². The molecule has 1 amide bonds. The Hall–Kier alpha value is -0.900. The first-order chi connectivity index (χ1) is 7.06. The van der Waals surface area contributed by atoms with Gasteiger partial charge < -0.3 is 10.5 Å². The smallest absolute Gasteiger partial charge is 0.231 e. The molecule has 0 saturated carbocycles. The summed E-state index contributed by atoms with van der Waals surface area (Å²) in [6.07, 6.45) is 3.56. The monoisotopic (exact) mass is 214 g/mol. The minimum absolute atomic E-state index is 0.199. The van der Waals surface area contributed by atoms with Gasteiger partial charge in [0, 0.05) is 6.42 Å². The highest BCUT2D eigenvalue weighted by atomic mass is 16.1. The average molecular weight is 214 g/mol. The van der Waals surface area contributed by atoms with E-state index in [0.29, 0.717) is 13.0 Å². The molecule has 2 N–H and O–H groups in total. The summed E-state index contributed by atoms with van der Waals surface area (Å²) >= 11 is 0. The lowest BCUT2D eigenvalue weighted by molar-refractivity contribution is -0.119. The minimum atomic E-state index is -0.297. The Kier molecular flexibility index (Phi) is 7.91. The molecule has 88 valence electrons. The van der Waals surface area contributed by atoms with Gasteiger partial charge in [-0.3, -0.25) is 9.69 Å². The van der Waals surface area contributed by atoms with Crippen molar-refractivity contribution in [1.82, 2.24) is 4.90 Å². The quantitative estimate of drug-likeness (QED) is 0.621. The summed E-state index contributed by atoms with van der Waals surface area (Å²) in [6, 6.07) is 0. The van der Waals surface area contributed by atoms with Crippen molar-refractivity contribution in [2.75, 3.05) is 19.6 Å². The van der Waals surface area contributed by atoms with Crippen molar-refractivity contribution in [2.24, 2.45) is 5.73 Å². The standard InChI is InChI=1S/C11H22N2O2/c1-3-4-7-13(9-11(12)15)8-5-6-10(2)14/h3-9H2,1-2H3,(H2,12,15). The second-order valence-corrected chi connectivity index (χ2v) is 3.90. The number of nitrogens with zero attached hydrogens (tertiary/aromatic N) is 1. The van der Waals surface area contributed by atoms with Crippen molar-refractivity contribution < 1.29 is 9.59 Å². The zero-order valence-electron chi connectivity index (χ0n) is 9.79. The summed E-state index contributed by atoms with van der Waals surface area (Å²) in [6.45, 7) is 5.67. The van der Waals surface area contributed by atoms with E-state index in [4.69, 9.17) is 5.73 Å². The molecule has 0 unspecified atom stereocenters. The number of amides is 1. The number of unbranched alkanes of at least 4 members (excludes halogenated alkanes) is 1. The molecular formula is C11H22N2O2. The Morgan fingerprint density at radius 2 is 1.80 bits per heavy atom. The van der Waals surface area contributed by atoms with E-state index in [1.165, 1.54) is 0 Å². The number of Topliss-reactive ketones (excluding diaryl/α,β-unsaturated/α-hetero) is 1. The van der Waals surface area contributed by atoms with E-state index >= 15 is 0 Å². The van der Waals surface area contributed by atoms with E-state index in [1.54, 1.807) is 6.92 Å². The van der Waals surface area contributed by atoms with E-state index in [0.717, 1.165) is 32.4 Å². The molecule has 4 nitrogen and oxygen atoms in total. The fourth-order valence-electron chi connectivity index (χ4n) is 1.42. The highest BCUT2D eigenvalue weighted by Gasteiger charge is 2.07. The van der Waals surface area contributed by atoms with Gasteiger partial charge in [0.15, 0.2) is 0 Å². The average Bonchev–Trinajstić information content (AvgIpc) is 2.12. The summed E-state index contributed by atoms with van der Waals surface area (Å²) < 4.78 is 0. The van der Waals surface area contributed by atoms with Gasteiger partial charge in [0.05, 0.1) is 6.54 Å². The molecule has 0 aromatic heterocycles. The van der Waals surface area contributed by atoms with Gasteiger partial charge in [-0.25, -0.2) is 0 Å². The molecule has 0 aliphatic rings. The first-order valence-corrected chi connectivity index (χ1v) is 5.56. The Balaban J connectivity index is 3.78. The molecule has 0 heterocycles. The van der Waals surface area contributed by atoms with Crippen molar-refractivity contribution in [3.63, 3.8) is 0 Å². The van der Waals surface area contributed by atoms with E-state index in [2.05, 4.69) is 6.92 Å². The first kappa shape index (κ1) is 14.1. The number of nitrogens with two attached hydrogens (primary N) is 1. The molecule has 0 aliphatic heterocycles. The normalized spacial score (nSPS) is 10.6. The molecule has 0 atom stereocenters. The third-order valence-corrected chi connectivity index (χ3v) is 2.21. The van der Waals surface area contributed by atoms with Crippen molar-refractivity contribution >= 4 is 11.7 Å². The van der Waals surface area contributed by atoms with Gasteiger partial charge in [0.25, 0.3) is 0 Å². The maximum atomic E-state index is 10.8. The number of carbonyl (C=O) groups is 2. The Labute approximate surface area is 91.8 Å². The second-order valence-electron chi connectivity index (χ2n) is 3.90. The molecule has 0 aliphatic carbocycles. The highest BCUT2D eigenvalue weighted by molar-refractivity contribution is 5.76. The number of rotatable bonds is 9. The van der Waals surface area contributed by atoms with Crippen LogP contribution in [0.2, 0.25) is 0 Å². The Morgan fingerprint density at radius 3 is 2.27 bits per heavy atom. The predicted molar refractivity (Wildman–Crippen MR) is 60.5 cm³/mol. The van der Waals surface area contributed by atoms with Crippen LogP contribution in [0.1, 0.15) is 39.5 Å². The van der Waals surface area contributed by atoms with Crippen molar-refractivity contribution in [2.45, 2.75) is 39.5 Å². The SMILES string of the molecule is CCCCN(CCCC(C)=O)CC(N)=O. The van der Waals surface area contributed by atoms with Gasteiger partial charge in [-0.2, -0.15) is 0 Å². The first-order valence-electron chi connectivity index (χ1n) is 5.56. The van der Waals surface area contributed by atoms with Crippen LogP contribution in [0.4, 0.5) is 0 Å². The number of ketones is 1. The number of primary amides is 1. The maximum Gasteiger partial charge on any atom is 0.231 e. The van der Waals surface area contributed by atoms with Gasteiger partial charge in [-0.15, -0.1) is 0 Å². The summed E-state index contributed by atoms with van der Waals surface area (Å²) in [5.74, 6) is -0.0987. The van der Waals surface area contributed by atoms with E-state index in [1.807, 2.05) is 4.90 Å². The number of hydrogen-bond acceptors (Lipinski definition) is 3. The van der Waals surface area contributed by atoms with Crippen LogP contribution in [0.5, 0.6) is 0 Å². The summed E-state index contributed by atoms with van der Waals surface area (Å²) in [5.41, 5.74) is 5.15. The second kappa shape index (κ2) is 8.41.